The van der Waals surface area contributed by atoms with Crippen molar-refractivity contribution in [1.82, 2.24) is 15.1 Å². The van der Waals surface area contributed by atoms with Crippen molar-refractivity contribution in [2.45, 2.75) is 39.0 Å². The quantitative estimate of drug-likeness (QED) is 0.884. The first-order chi connectivity index (χ1) is 9.10. The molecule has 4 nitrogen and oxygen atoms in total. The molecular weight excluding hydrogens is 238 g/mol. The Morgan fingerprint density at radius 2 is 2.32 bits per heavy atom. The molecule has 3 rings (SSSR count). The van der Waals surface area contributed by atoms with Gasteiger partial charge in [-0.2, -0.15) is 5.10 Å². The molecule has 2 saturated carbocycles. The number of rotatable bonds is 5. The van der Waals surface area contributed by atoms with Gasteiger partial charge in [-0.15, -0.1) is 0 Å². The summed E-state index contributed by atoms with van der Waals surface area (Å²) in [7, 11) is 1.81. The maximum absolute atomic E-state index is 12.1. The topological polar surface area (TPSA) is 46.9 Å². The van der Waals surface area contributed by atoms with Crippen molar-refractivity contribution in [2.75, 3.05) is 6.54 Å². The molecule has 0 aliphatic heterocycles. The zero-order chi connectivity index (χ0) is 13.5. The lowest BCUT2D eigenvalue weighted by molar-refractivity contribution is 0.0887. The van der Waals surface area contributed by atoms with E-state index in [1.807, 2.05) is 0 Å². The minimum Gasteiger partial charge on any atom is -0.350 e. The van der Waals surface area contributed by atoms with Crippen molar-refractivity contribution in [2.24, 2.45) is 24.3 Å². The van der Waals surface area contributed by atoms with Crippen LogP contribution in [0, 0.1) is 17.3 Å². The zero-order valence-electron chi connectivity index (χ0n) is 11.9. The average molecular weight is 261 g/mol. The molecule has 1 N–H and O–H groups in total. The van der Waals surface area contributed by atoms with Crippen molar-refractivity contribution in [3.63, 3.8) is 0 Å². The van der Waals surface area contributed by atoms with Crippen molar-refractivity contribution in [3.05, 3.63) is 18.0 Å². The first kappa shape index (κ1) is 12.7. The molecule has 2 aliphatic carbocycles. The van der Waals surface area contributed by atoms with Crippen molar-refractivity contribution in [3.8, 4) is 0 Å². The Morgan fingerprint density at radius 3 is 2.79 bits per heavy atom. The normalized spacial score (nSPS) is 22.6. The van der Waals surface area contributed by atoms with E-state index in [0.29, 0.717) is 17.0 Å². The summed E-state index contributed by atoms with van der Waals surface area (Å²) in [6.07, 6.45) is 8.39. The van der Waals surface area contributed by atoms with Gasteiger partial charge in [0.15, 0.2) is 0 Å². The summed E-state index contributed by atoms with van der Waals surface area (Å²) in [5, 5.41) is 7.17. The fourth-order valence-corrected chi connectivity index (χ4v) is 3.28. The Bertz CT molecular complexity index is 471. The fourth-order valence-electron chi connectivity index (χ4n) is 3.28. The lowest BCUT2D eigenvalue weighted by Crippen LogP contribution is -2.39. The van der Waals surface area contributed by atoms with E-state index in [0.717, 1.165) is 12.5 Å². The third kappa shape index (κ3) is 2.40. The number of nitrogens with one attached hydrogen (secondary N) is 1. The van der Waals surface area contributed by atoms with Crippen LogP contribution in [0.2, 0.25) is 0 Å². The molecule has 0 spiro atoms. The molecule has 104 valence electrons. The lowest BCUT2D eigenvalue weighted by Gasteiger charge is -2.38. The molecule has 0 saturated heterocycles. The van der Waals surface area contributed by atoms with Crippen LogP contribution >= 0.6 is 0 Å². The van der Waals surface area contributed by atoms with Gasteiger partial charge in [0.1, 0.15) is 5.69 Å². The maximum atomic E-state index is 12.1. The third-order valence-corrected chi connectivity index (χ3v) is 5.19. The summed E-state index contributed by atoms with van der Waals surface area (Å²) in [6.45, 7) is 3.21. The molecule has 1 aromatic heterocycles. The molecule has 0 aromatic carbocycles. The third-order valence-electron chi connectivity index (χ3n) is 5.19. The van der Waals surface area contributed by atoms with Gasteiger partial charge in [0.2, 0.25) is 0 Å². The maximum Gasteiger partial charge on any atom is 0.269 e. The summed E-state index contributed by atoms with van der Waals surface area (Å²) in [5.41, 5.74) is 1.14. The zero-order valence-corrected chi connectivity index (χ0v) is 11.9. The molecule has 19 heavy (non-hydrogen) atoms. The highest BCUT2D eigenvalue weighted by Crippen LogP contribution is 2.56. The van der Waals surface area contributed by atoms with Gasteiger partial charge in [-0.05, 0) is 36.2 Å². The van der Waals surface area contributed by atoms with Gasteiger partial charge in [-0.3, -0.25) is 9.48 Å². The van der Waals surface area contributed by atoms with E-state index in [2.05, 4.69) is 17.3 Å². The smallest absolute Gasteiger partial charge is 0.269 e. The van der Waals surface area contributed by atoms with Crippen LogP contribution < -0.4 is 5.32 Å². The lowest BCUT2D eigenvalue weighted by atomic mass is 9.69. The Balaban J connectivity index is 1.60. The van der Waals surface area contributed by atoms with Crippen molar-refractivity contribution < 1.29 is 4.79 Å². The van der Waals surface area contributed by atoms with E-state index in [1.165, 1.54) is 32.1 Å². The van der Waals surface area contributed by atoms with Crippen molar-refractivity contribution >= 4 is 5.91 Å². The second-order valence-corrected chi connectivity index (χ2v) is 6.50. The average Bonchev–Trinajstić information content (AvgIpc) is 2.91. The van der Waals surface area contributed by atoms with Gasteiger partial charge in [0.05, 0.1) is 0 Å². The SMILES string of the molecule is Cn1nccc1C(=O)NCC(C1CCC1)C1(C)CC1. The minimum atomic E-state index is 0.00794. The van der Waals surface area contributed by atoms with Crippen LogP contribution in [0.15, 0.2) is 12.3 Å². The van der Waals surface area contributed by atoms with Gasteiger partial charge in [0.25, 0.3) is 5.91 Å². The summed E-state index contributed by atoms with van der Waals surface area (Å²) >= 11 is 0. The van der Waals surface area contributed by atoms with Crippen LogP contribution in [0.1, 0.15) is 49.5 Å². The standard InChI is InChI=1S/C15H23N3O/c1-15(7-8-15)12(11-4-3-5-11)10-16-14(19)13-6-9-17-18(13)2/h6,9,11-12H,3-5,7-8,10H2,1-2H3,(H,16,19). The molecule has 2 aliphatic rings. The monoisotopic (exact) mass is 261 g/mol. The van der Waals surface area contributed by atoms with Gasteiger partial charge in [0, 0.05) is 19.8 Å². The Hall–Kier alpha value is -1.32. The van der Waals surface area contributed by atoms with E-state index in [4.69, 9.17) is 0 Å². The second-order valence-electron chi connectivity index (χ2n) is 6.50. The number of hydrogen-bond acceptors (Lipinski definition) is 2. The van der Waals surface area contributed by atoms with E-state index >= 15 is 0 Å². The summed E-state index contributed by atoms with van der Waals surface area (Å²) in [6, 6.07) is 1.77. The Labute approximate surface area is 114 Å². The molecule has 1 atom stereocenters. The molecule has 4 heteroatoms. The van der Waals surface area contributed by atoms with Crippen LogP contribution in [-0.4, -0.2) is 22.2 Å². The van der Waals surface area contributed by atoms with Gasteiger partial charge < -0.3 is 5.32 Å². The molecule has 1 heterocycles. The van der Waals surface area contributed by atoms with Crippen LogP contribution in [0.3, 0.4) is 0 Å². The number of aromatic nitrogens is 2. The van der Waals surface area contributed by atoms with Crippen molar-refractivity contribution in [1.29, 1.82) is 0 Å². The number of hydrogen-bond donors (Lipinski definition) is 1. The molecule has 0 bridgehead atoms. The van der Waals surface area contributed by atoms with E-state index in [-0.39, 0.29) is 5.91 Å². The van der Waals surface area contributed by atoms with Crippen LogP contribution in [0.5, 0.6) is 0 Å². The summed E-state index contributed by atoms with van der Waals surface area (Å²) in [4.78, 5) is 12.1. The molecule has 1 aromatic rings. The largest absolute Gasteiger partial charge is 0.350 e. The number of nitrogens with zero attached hydrogens (tertiary/aromatic N) is 2. The van der Waals surface area contributed by atoms with E-state index < -0.39 is 0 Å². The van der Waals surface area contributed by atoms with Crippen LogP contribution in [0.4, 0.5) is 0 Å². The minimum absolute atomic E-state index is 0.00794. The summed E-state index contributed by atoms with van der Waals surface area (Å²) < 4.78 is 1.63. The fraction of sp³-hybridized carbons (Fsp3) is 0.733. The highest BCUT2D eigenvalue weighted by Gasteiger charge is 2.48. The number of carbonyl (C=O) groups excluding carboxylic acids is 1. The predicted molar refractivity (Wildman–Crippen MR) is 73.7 cm³/mol. The molecule has 1 amide bonds. The molecule has 1 unspecified atom stereocenters. The summed E-state index contributed by atoms with van der Waals surface area (Å²) in [5.74, 6) is 1.51. The first-order valence-electron chi connectivity index (χ1n) is 7.36. The predicted octanol–water partition coefficient (Wildman–Crippen LogP) is 2.37. The van der Waals surface area contributed by atoms with Gasteiger partial charge in [-0.1, -0.05) is 26.2 Å². The number of aryl methyl sites for hydroxylation is 1. The first-order valence-corrected chi connectivity index (χ1v) is 7.36. The van der Waals surface area contributed by atoms with Crippen LogP contribution in [0.25, 0.3) is 0 Å². The van der Waals surface area contributed by atoms with E-state index in [1.54, 1.807) is 24.0 Å². The van der Waals surface area contributed by atoms with Crippen LogP contribution in [-0.2, 0) is 7.05 Å². The Morgan fingerprint density at radius 1 is 1.58 bits per heavy atom. The molecule has 2 fully saturated rings. The number of amides is 1. The highest BCUT2D eigenvalue weighted by molar-refractivity contribution is 5.92. The Kier molecular flexibility index (Phi) is 3.11. The highest BCUT2D eigenvalue weighted by atomic mass is 16.2. The second kappa shape index (κ2) is 4.66. The van der Waals surface area contributed by atoms with Gasteiger partial charge >= 0.3 is 0 Å². The van der Waals surface area contributed by atoms with E-state index in [9.17, 15) is 4.79 Å². The number of carbonyl (C=O) groups is 1. The molecular formula is C15H23N3O. The van der Waals surface area contributed by atoms with Gasteiger partial charge in [-0.25, -0.2) is 0 Å². The molecule has 0 radical (unpaired) electrons.